The van der Waals surface area contributed by atoms with Crippen molar-refractivity contribution in [3.63, 3.8) is 0 Å². The highest BCUT2D eigenvalue weighted by atomic mass is 32.2. The van der Waals surface area contributed by atoms with Crippen LogP contribution in [0, 0.1) is 17.8 Å². The van der Waals surface area contributed by atoms with Gasteiger partial charge < -0.3 is 0 Å². The lowest BCUT2D eigenvalue weighted by atomic mass is 10.0. The third-order valence-electron chi connectivity index (χ3n) is 5.08. The van der Waals surface area contributed by atoms with E-state index in [4.69, 9.17) is 0 Å². The first-order valence-electron chi connectivity index (χ1n) is 7.98. The quantitative estimate of drug-likeness (QED) is 0.938. The molecule has 1 amide bonds. The Morgan fingerprint density at radius 3 is 2.52 bits per heavy atom. The molecule has 1 N–H and O–H groups in total. The second kappa shape index (κ2) is 5.30. The first-order chi connectivity index (χ1) is 11.1. The monoisotopic (exact) mass is 330 g/mol. The molecule has 0 aliphatic heterocycles. The summed E-state index contributed by atoms with van der Waals surface area (Å²) in [6.07, 6.45) is 5.92. The number of aromatic nitrogens is 1. The highest BCUT2D eigenvalue weighted by Crippen LogP contribution is 2.55. The number of fused-ring (bicyclic) bond motifs is 2. The summed E-state index contributed by atoms with van der Waals surface area (Å²) in [5.74, 6) is 0.277. The first kappa shape index (κ1) is 14.6. The van der Waals surface area contributed by atoms with Crippen LogP contribution in [0.25, 0.3) is 10.9 Å². The Hall–Kier alpha value is -1.95. The Kier molecular flexibility index (Phi) is 3.37. The molecule has 2 atom stereocenters. The molecule has 2 aliphatic rings. The van der Waals surface area contributed by atoms with Crippen molar-refractivity contribution in [2.45, 2.75) is 30.6 Å². The number of para-hydroxylation sites is 1. The lowest BCUT2D eigenvalue weighted by molar-refractivity contribution is -0.121. The van der Waals surface area contributed by atoms with Crippen LogP contribution in [-0.4, -0.2) is 19.3 Å². The van der Waals surface area contributed by atoms with E-state index >= 15 is 0 Å². The third-order valence-corrected chi connectivity index (χ3v) is 6.46. The van der Waals surface area contributed by atoms with Crippen LogP contribution in [0.4, 0.5) is 0 Å². The maximum absolute atomic E-state index is 12.6. The summed E-state index contributed by atoms with van der Waals surface area (Å²) in [5.41, 5.74) is 0.392. The van der Waals surface area contributed by atoms with Gasteiger partial charge in [-0.25, -0.2) is 13.1 Å². The average molecular weight is 330 g/mol. The zero-order valence-corrected chi connectivity index (χ0v) is 13.4. The lowest BCUT2D eigenvalue weighted by Crippen LogP contribution is -2.32. The van der Waals surface area contributed by atoms with Crippen molar-refractivity contribution < 1.29 is 13.2 Å². The van der Waals surface area contributed by atoms with Gasteiger partial charge in [-0.2, -0.15) is 0 Å². The van der Waals surface area contributed by atoms with Crippen molar-refractivity contribution in [1.82, 2.24) is 9.71 Å². The number of amides is 1. The number of sulfonamides is 1. The molecule has 6 heteroatoms. The van der Waals surface area contributed by atoms with Crippen molar-refractivity contribution in [2.75, 3.05) is 0 Å². The molecule has 0 bridgehead atoms. The fourth-order valence-corrected chi connectivity index (χ4v) is 5.12. The molecule has 5 nitrogen and oxygen atoms in total. The predicted molar refractivity (Wildman–Crippen MR) is 86.0 cm³/mol. The summed E-state index contributed by atoms with van der Waals surface area (Å²) in [5, 5.41) is 0.739. The van der Waals surface area contributed by atoms with Crippen LogP contribution in [0.15, 0.2) is 41.4 Å². The Morgan fingerprint density at radius 2 is 1.78 bits per heavy atom. The number of carbonyl (C=O) groups is 1. The van der Waals surface area contributed by atoms with E-state index < -0.39 is 10.0 Å². The van der Waals surface area contributed by atoms with Crippen molar-refractivity contribution in [1.29, 1.82) is 0 Å². The summed E-state index contributed by atoms with van der Waals surface area (Å²) in [7, 11) is -3.90. The normalized spacial score (nSPS) is 26.5. The van der Waals surface area contributed by atoms with Gasteiger partial charge >= 0.3 is 0 Å². The molecule has 0 saturated heterocycles. The maximum atomic E-state index is 12.6. The average Bonchev–Trinajstić information content (AvgIpc) is 3.28. The van der Waals surface area contributed by atoms with E-state index in [0.717, 1.165) is 31.1 Å². The van der Waals surface area contributed by atoms with E-state index in [1.54, 1.807) is 30.5 Å². The number of benzene rings is 1. The fourth-order valence-electron chi connectivity index (χ4n) is 3.93. The first-order valence-corrected chi connectivity index (χ1v) is 9.47. The standard InChI is InChI=1S/C17H18N2O3S/c20-17(15-12-7-1-2-8-13(12)15)19-23(21,22)14-9-3-5-11-6-4-10-18-16(11)14/h3-6,9-10,12-13,15H,1-2,7-8H2,(H,19,20). The Morgan fingerprint density at radius 1 is 1.09 bits per heavy atom. The van der Waals surface area contributed by atoms with Gasteiger partial charge in [0, 0.05) is 17.5 Å². The number of nitrogens with one attached hydrogen (secondary N) is 1. The van der Waals surface area contributed by atoms with Gasteiger partial charge in [0.15, 0.2) is 0 Å². The number of hydrogen-bond donors (Lipinski definition) is 1. The van der Waals surface area contributed by atoms with Gasteiger partial charge in [-0.15, -0.1) is 0 Å². The van der Waals surface area contributed by atoms with Crippen molar-refractivity contribution in [3.8, 4) is 0 Å². The Balaban J connectivity index is 1.61. The molecule has 120 valence electrons. The van der Waals surface area contributed by atoms with Crippen LogP contribution < -0.4 is 4.72 Å². The number of pyridine rings is 1. The van der Waals surface area contributed by atoms with E-state index in [2.05, 4.69) is 9.71 Å². The summed E-state index contributed by atoms with van der Waals surface area (Å²) in [4.78, 5) is 16.6. The van der Waals surface area contributed by atoms with Crippen LogP contribution >= 0.6 is 0 Å². The molecule has 0 radical (unpaired) electrons. The van der Waals surface area contributed by atoms with Crippen LogP contribution in [0.5, 0.6) is 0 Å². The molecule has 2 fully saturated rings. The third kappa shape index (κ3) is 2.51. The summed E-state index contributed by atoms with van der Waals surface area (Å²) in [6, 6.07) is 8.52. The molecule has 0 spiro atoms. The van der Waals surface area contributed by atoms with E-state index in [-0.39, 0.29) is 16.7 Å². The van der Waals surface area contributed by atoms with Crippen LogP contribution in [0.2, 0.25) is 0 Å². The Labute approximate surface area is 135 Å². The molecule has 2 aliphatic carbocycles. The molecular weight excluding hydrogens is 312 g/mol. The van der Waals surface area contributed by atoms with E-state index in [9.17, 15) is 13.2 Å². The number of nitrogens with zero attached hydrogens (tertiary/aromatic N) is 1. The Bertz CT molecular complexity index is 861. The largest absolute Gasteiger partial charge is 0.274 e. The van der Waals surface area contributed by atoms with E-state index in [1.165, 1.54) is 6.07 Å². The molecular formula is C17H18N2O3S. The summed E-state index contributed by atoms with van der Waals surface area (Å²) >= 11 is 0. The number of hydrogen-bond acceptors (Lipinski definition) is 4. The van der Waals surface area contributed by atoms with Crippen molar-refractivity contribution in [3.05, 3.63) is 36.5 Å². The van der Waals surface area contributed by atoms with Gasteiger partial charge in [0.1, 0.15) is 4.90 Å². The predicted octanol–water partition coefficient (Wildman–Crippen LogP) is 2.48. The van der Waals surface area contributed by atoms with E-state index in [0.29, 0.717) is 17.4 Å². The van der Waals surface area contributed by atoms with Crippen LogP contribution in [0.3, 0.4) is 0 Å². The van der Waals surface area contributed by atoms with Gasteiger partial charge in [0.2, 0.25) is 5.91 Å². The minimum Gasteiger partial charge on any atom is -0.274 e. The van der Waals surface area contributed by atoms with Gasteiger partial charge in [0.05, 0.1) is 5.52 Å². The van der Waals surface area contributed by atoms with Crippen LogP contribution in [-0.2, 0) is 14.8 Å². The number of rotatable bonds is 3. The zero-order valence-electron chi connectivity index (χ0n) is 12.6. The highest BCUT2D eigenvalue weighted by Gasteiger charge is 2.55. The second-order valence-corrected chi connectivity index (χ2v) is 8.09. The highest BCUT2D eigenvalue weighted by molar-refractivity contribution is 7.90. The van der Waals surface area contributed by atoms with Gasteiger partial charge in [0.25, 0.3) is 10.0 Å². The molecule has 2 saturated carbocycles. The van der Waals surface area contributed by atoms with E-state index in [1.807, 2.05) is 0 Å². The van der Waals surface area contributed by atoms with Gasteiger partial charge in [-0.05, 0) is 36.8 Å². The van der Waals surface area contributed by atoms with Gasteiger partial charge in [-0.1, -0.05) is 31.0 Å². The fraction of sp³-hybridized carbons (Fsp3) is 0.412. The summed E-state index contributed by atoms with van der Waals surface area (Å²) < 4.78 is 27.5. The number of carbonyl (C=O) groups excluding carboxylic acids is 1. The second-order valence-electron chi connectivity index (χ2n) is 6.44. The molecule has 1 heterocycles. The molecule has 2 unspecified atom stereocenters. The summed E-state index contributed by atoms with van der Waals surface area (Å²) in [6.45, 7) is 0. The molecule has 4 rings (SSSR count). The maximum Gasteiger partial charge on any atom is 0.266 e. The molecule has 1 aromatic carbocycles. The topological polar surface area (TPSA) is 76.1 Å². The minimum absolute atomic E-state index is 0.0626. The van der Waals surface area contributed by atoms with Crippen molar-refractivity contribution >= 4 is 26.8 Å². The molecule has 1 aromatic heterocycles. The minimum atomic E-state index is -3.90. The molecule has 2 aromatic rings. The lowest BCUT2D eigenvalue weighted by Gasteiger charge is -2.09. The van der Waals surface area contributed by atoms with Crippen LogP contribution in [0.1, 0.15) is 25.7 Å². The van der Waals surface area contributed by atoms with Gasteiger partial charge in [-0.3, -0.25) is 9.78 Å². The zero-order chi connectivity index (χ0) is 16.0. The van der Waals surface area contributed by atoms with Crippen molar-refractivity contribution in [2.24, 2.45) is 17.8 Å². The molecule has 23 heavy (non-hydrogen) atoms. The smallest absolute Gasteiger partial charge is 0.266 e. The SMILES string of the molecule is O=C(NS(=O)(=O)c1cccc2cccnc12)C1C2CCCCC21.